The maximum absolute atomic E-state index is 12.5. The molecule has 2 aliphatic rings. The van der Waals surface area contributed by atoms with Crippen molar-refractivity contribution in [2.45, 2.75) is 19.8 Å². The molecule has 0 N–H and O–H groups in total. The van der Waals surface area contributed by atoms with E-state index in [1.165, 1.54) is 0 Å². The van der Waals surface area contributed by atoms with Gasteiger partial charge >= 0.3 is 0 Å². The molecule has 5 nitrogen and oxygen atoms in total. The molecule has 130 valence electrons. The highest BCUT2D eigenvalue weighted by atomic mass is 32.2. The quantitative estimate of drug-likeness (QED) is 0.777. The van der Waals surface area contributed by atoms with Crippen molar-refractivity contribution < 1.29 is 14.4 Å². The number of imide groups is 1. The second-order valence-corrected chi connectivity index (χ2v) is 7.15. The van der Waals surface area contributed by atoms with E-state index in [0.717, 1.165) is 40.6 Å². The Morgan fingerprint density at radius 2 is 1.84 bits per heavy atom. The number of thioether (sulfide) groups is 1. The summed E-state index contributed by atoms with van der Waals surface area (Å²) in [5.74, 6) is -0.541. The highest BCUT2D eigenvalue weighted by Crippen LogP contribution is 2.31. The van der Waals surface area contributed by atoms with Crippen molar-refractivity contribution in [2.75, 3.05) is 19.6 Å². The van der Waals surface area contributed by atoms with Crippen LogP contribution < -0.4 is 0 Å². The molecular weight excluding hydrogens is 336 g/mol. The first-order chi connectivity index (χ1) is 12.0. The zero-order valence-electron chi connectivity index (χ0n) is 14.1. The molecule has 0 spiro atoms. The number of nitrogens with zero attached hydrogens (tertiary/aromatic N) is 2. The van der Waals surface area contributed by atoms with Crippen LogP contribution in [0.15, 0.2) is 46.9 Å². The van der Waals surface area contributed by atoms with E-state index in [1.807, 2.05) is 43.3 Å². The molecule has 3 rings (SSSR count). The van der Waals surface area contributed by atoms with Crippen molar-refractivity contribution in [1.82, 2.24) is 9.80 Å². The molecule has 0 aromatic heterocycles. The maximum Gasteiger partial charge on any atom is 0.294 e. The third kappa shape index (κ3) is 4.20. The van der Waals surface area contributed by atoms with Crippen LogP contribution in [0.1, 0.15) is 25.3 Å². The Hall–Kier alpha value is -2.34. The van der Waals surface area contributed by atoms with Crippen molar-refractivity contribution in [2.24, 2.45) is 0 Å². The van der Waals surface area contributed by atoms with Crippen LogP contribution in [0.4, 0.5) is 4.79 Å². The van der Waals surface area contributed by atoms with Crippen molar-refractivity contribution >= 4 is 34.9 Å². The number of allylic oxidation sites excluding steroid dienone is 2. The molecule has 1 aromatic rings. The van der Waals surface area contributed by atoms with Crippen LogP contribution in [0.2, 0.25) is 0 Å². The van der Waals surface area contributed by atoms with Crippen LogP contribution in [0.25, 0.3) is 6.08 Å². The molecule has 2 heterocycles. The Kier molecular flexibility index (Phi) is 5.38. The SMILES string of the molecule is CC(=C\c1ccccc1)/C=C1/SC(=O)N(CC(=O)N2CCCC2)C1=O. The monoisotopic (exact) mass is 356 g/mol. The van der Waals surface area contributed by atoms with Gasteiger partial charge < -0.3 is 4.90 Å². The van der Waals surface area contributed by atoms with Crippen LogP contribution in [-0.2, 0) is 9.59 Å². The highest BCUT2D eigenvalue weighted by Gasteiger charge is 2.37. The summed E-state index contributed by atoms with van der Waals surface area (Å²) in [4.78, 5) is 39.9. The van der Waals surface area contributed by atoms with E-state index in [9.17, 15) is 14.4 Å². The van der Waals surface area contributed by atoms with Gasteiger partial charge in [-0.15, -0.1) is 0 Å². The largest absolute Gasteiger partial charge is 0.341 e. The number of carbonyl (C=O) groups excluding carboxylic acids is 3. The third-order valence-electron chi connectivity index (χ3n) is 4.18. The topological polar surface area (TPSA) is 57.7 Å². The lowest BCUT2D eigenvalue weighted by molar-refractivity contribution is -0.135. The molecule has 0 unspecified atom stereocenters. The molecule has 25 heavy (non-hydrogen) atoms. The van der Waals surface area contributed by atoms with Gasteiger partial charge in [0.15, 0.2) is 0 Å². The lowest BCUT2D eigenvalue weighted by Gasteiger charge is -2.18. The summed E-state index contributed by atoms with van der Waals surface area (Å²) in [6, 6.07) is 9.76. The molecule has 3 amide bonds. The summed E-state index contributed by atoms with van der Waals surface area (Å²) in [6.45, 7) is 3.15. The first-order valence-corrected chi connectivity index (χ1v) is 9.13. The minimum Gasteiger partial charge on any atom is -0.341 e. The molecule has 0 saturated carbocycles. The van der Waals surface area contributed by atoms with Crippen molar-refractivity contribution in [3.8, 4) is 0 Å². The van der Waals surface area contributed by atoms with Gasteiger partial charge in [0, 0.05) is 13.1 Å². The van der Waals surface area contributed by atoms with Gasteiger partial charge in [0.2, 0.25) is 5.91 Å². The predicted octanol–water partition coefficient (Wildman–Crippen LogP) is 3.29. The Balaban J connectivity index is 1.70. The molecule has 6 heteroatoms. The molecule has 0 aliphatic carbocycles. The van der Waals surface area contributed by atoms with Gasteiger partial charge in [-0.3, -0.25) is 19.3 Å². The van der Waals surface area contributed by atoms with E-state index in [4.69, 9.17) is 0 Å². The van der Waals surface area contributed by atoms with Gasteiger partial charge in [0.25, 0.3) is 11.1 Å². The summed E-state index contributed by atoms with van der Waals surface area (Å²) >= 11 is 0.892. The van der Waals surface area contributed by atoms with Gasteiger partial charge in [-0.1, -0.05) is 36.4 Å². The number of likely N-dealkylation sites (tertiary alicyclic amines) is 1. The first-order valence-electron chi connectivity index (χ1n) is 8.31. The Morgan fingerprint density at radius 3 is 2.52 bits per heavy atom. The summed E-state index contributed by atoms with van der Waals surface area (Å²) in [7, 11) is 0. The summed E-state index contributed by atoms with van der Waals surface area (Å²) in [6.07, 6.45) is 5.62. The number of carbonyl (C=O) groups is 3. The highest BCUT2D eigenvalue weighted by molar-refractivity contribution is 8.18. The molecule has 0 atom stereocenters. The number of rotatable bonds is 4. The van der Waals surface area contributed by atoms with Crippen LogP contribution in [-0.4, -0.2) is 46.5 Å². The zero-order chi connectivity index (χ0) is 17.8. The number of amides is 3. The predicted molar refractivity (Wildman–Crippen MR) is 98.7 cm³/mol. The van der Waals surface area contributed by atoms with Crippen molar-refractivity contribution in [3.63, 3.8) is 0 Å². The smallest absolute Gasteiger partial charge is 0.294 e. The number of benzene rings is 1. The van der Waals surface area contributed by atoms with Crippen molar-refractivity contribution in [1.29, 1.82) is 0 Å². The summed E-state index contributed by atoms with van der Waals surface area (Å²) < 4.78 is 0. The first kappa shape index (κ1) is 17.5. The van der Waals surface area contributed by atoms with E-state index in [-0.39, 0.29) is 23.6 Å². The lowest BCUT2D eigenvalue weighted by atomic mass is 10.1. The Bertz CT molecular complexity index is 749. The minimum atomic E-state index is -0.386. The Morgan fingerprint density at radius 1 is 1.16 bits per heavy atom. The average molecular weight is 356 g/mol. The fourth-order valence-corrected chi connectivity index (χ4v) is 3.79. The number of hydrogen-bond acceptors (Lipinski definition) is 4. The fraction of sp³-hybridized carbons (Fsp3) is 0.316. The molecule has 2 aliphatic heterocycles. The van der Waals surface area contributed by atoms with Gasteiger partial charge in [0.1, 0.15) is 6.54 Å². The molecule has 0 radical (unpaired) electrons. The molecule has 2 saturated heterocycles. The second kappa shape index (κ2) is 7.70. The number of hydrogen-bond donors (Lipinski definition) is 0. The molecular formula is C19H20N2O3S. The van der Waals surface area contributed by atoms with E-state index >= 15 is 0 Å². The fourth-order valence-electron chi connectivity index (χ4n) is 2.90. The van der Waals surface area contributed by atoms with Crippen LogP contribution >= 0.6 is 11.8 Å². The molecule has 0 bridgehead atoms. The van der Waals surface area contributed by atoms with Gasteiger partial charge in [-0.05, 0) is 48.7 Å². The normalized spacial score (nSPS) is 20.0. The van der Waals surface area contributed by atoms with Crippen LogP contribution in [0.3, 0.4) is 0 Å². The zero-order valence-corrected chi connectivity index (χ0v) is 14.9. The van der Waals surface area contributed by atoms with E-state index in [1.54, 1.807) is 11.0 Å². The standard InChI is InChI=1S/C19H20N2O3S/c1-14(11-15-7-3-2-4-8-15)12-16-18(23)21(19(24)25-16)13-17(22)20-9-5-6-10-20/h2-4,7-8,11-12H,5-6,9-10,13H2,1H3/b14-11+,16-12+. The lowest BCUT2D eigenvalue weighted by Crippen LogP contribution is -2.40. The van der Waals surface area contributed by atoms with E-state index in [2.05, 4.69) is 0 Å². The molecule has 1 aromatic carbocycles. The third-order valence-corrected chi connectivity index (χ3v) is 5.09. The van der Waals surface area contributed by atoms with E-state index in [0.29, 0.717) is 18.0 Å². The Labute approximate surface area is 151 Å². The van der Waals surface area contributed by atoms with Crippen LogP contribution in [0.5, 0.6) is 0 Å². The second-order valence-electron chi connectivity index (χ2n) is 6.15. The van der Waals surface area contributed by atoms with Crippen molar-refractivity contribution in [3.05, 3.63) is 52.4 Å². The maximum atomic E-state index is 12.5. The van der Waals surface area contributed by atoms with Crippen LogP contribution in [0, 0.1) is 0 Å². The molecule has 2 fully saturated rings. The summed E-state index contributed by atoms with van der Waals surface area (Å²) in [5.41, 5.74) is 1.90. The summed E-state index contributed by atoms with van der Waals surface area (Å²) in [5, 5.41) is -0.378. The van der Waals surface area contributed by atoms with Gasteiger partial charge in [-0.2, -0.15) is 0 Å². The minimum absolute atomic E-state index is 0.155. The van der Waals surface area contributed by atoms with Gasteiger partial charge in [0.05, 0.1) is 4.91 Å². The van der Waals surface area contributed by atoms with E-state index < -0.39 is 0 Å². The average Bonchev–Trinajstić information content (AvgIpc) is 3.21. The van der Waals surface area contributed by atoms with Gasteiger partial charge in [-0.25, -0.2) is 0 Å².